The highest BCUT2D eigenvalue weighted by atomic mass is 35.5. The molecule has 1 fully saturated rings. The van der Waals surface area contributed by atoms with Gasteiger partial charge in [-0.15, -0.1) is 0 Å². The fraction of sp³-hybridized carbons (Fsp3) is 0.500. The lowest BCUT2D eigenvalue weighted by molar-refractivity contribution is -0.159. The van der Waals surface area contributed by atoms with Crippen LogP contribution in [-0.4, -0.2) is 39.8 Å². The van der Waals surface area contributed by atoms with Gasteiger partial charge in [0.2, 0.25) is 5.91 Å². The molecule has 174 valence electrons. The summed E-state index contributed by atoms with van der Waals surface area (Å²) in [7, 11) is 0. The molecule has 2 aromatic rings. The molecule has 2 aromatic carbocycles. The molecule has 0 bridgehead atoms. The number of amides is 1. The van der Waals surface area contributed by atoms with Crippen molar-refractivity contribution in [2.24, 2.45) is 5.41 Å². The Labute approximate surface area is 201 Å². The first kappa shape index (κ1) is 25.0. The number of nitrogens with zero attached hydrogens (tertiary/aromatic N) is 1. The van der Waals surface area contributed by atoms with Gasteiger partial charge in [-0.25, -0.2) is 0 Å². The van der Waals surface area contributed by atoms with Crippen LogP contribution in [0.2, 0.25) is 10.0 Å². The molecule has 0 aromatic heterocycles. The Morgan fingerprint density at radius 2 is 1.81 bits per heavy atom. The smallest absolute Gasteiger partial charge is 0.229 e. The Kier molecular flexibility index (Phi) is 8.26. The van der Waals surface area contributed by atoms with Crippen LogP contribution in [-0.2, 0) is 4.79 Å². The van der Waals surface area contributed by atoms with Crippen LogP contribution in [0, 0.1) is 5.41 Å². The van der Waals surface area contributed by atoms with Crippen LogP contribution in [0.3, 0.4) is 0 Å². The first-order valence-electron chi connectivity index (χ1n) is 11.3. The van der Waals surface area contributed by atoms with E-state index in [9.17, 15) is 15.0 Å². The van der Waals surface area contributed by atoms with Gasteiger partial charge in [0.15, 0.2) is 0 Å². The van der Waals surface area contributed by atoms with Gasteiger partial charge in [-0.1, -0.05) is 61.3 Å². The Morgan fingerprint density at radius 1 is 1.12 bits per heavy atom. The zero-order valence-electron chi connectivity index (χ0n) is 19.0. The molecule has 3 rings (SSSR count). The van der Waals surface area contributed by atoms with E-state index in [0.29, 0.717) is 35.7 Å². The van der Waals surface area contributed by atoms with E-state index in [1.165, 1.54) is 0 Å². The molecule has 6 heteroatoms. The van der Waals surface area contributed by atoms with Gasteiger partial charge in [-0.05, 0) is 68.0 Å². The lowest BCUT2D eigenvalue weighted by atomic mass is 9.66. The predicted molar refractivity (Wildman–Crippen MR) is 130 cm³/mol. The van der Waals surface area contributed by atoms with Gasteiger partial charge in [0.1, 0.15) is 0 Å². The summed E-state index contributed by atoms with van der Waals surface area (Å²) in [5, 5.41) is 21.4. The second-order valence-electron chi connectivity index (χ2n) is 9.18. The maximum absolute atomic E-state index is 14.0. The number of hydrogen-bond acceptors (Lipinski definition) is 3. The van der Waals surface area contributed by atoms with Crippen molar-refractivity contribution in [3.05, 3.63) is 69.7 Å². The Balaban J connectivity index is 2.21. The number of likely N-dealkylation sites (tertiary alicyclic amines) is 1. The highest BCUT2D eigenvalue weighted by molar-refractivity contribution is 6.30. The van der Waals surface area contributed by atoms with E-state index in [2.05, 4.69) is 6.07 Å². The number of halogens is 2. The van der Waals surface area contributed by atoms with E-state index >= 15 is 0 Å². The average molecular weight is 478 g/mol. The zero-order valence-corrected chi connectivity index (χ0v) is 20.5. The van der Waals surface area contributed by atoms with E-state index in [1.54, 1.807) is 6.92 Å². The number of carbonyl (C=O) groups is 1. The highest BCUT2D eigenvalue weighted by Gasteiger charge is 2.51. The topological polar surface area (TPSA) is 60.8 Å². The molecule has 2 N–H and O–H groups in total. The Morgan fingerprint density at radius 3 is 2.38 bits per heavy atom. The molecular formula is C26H33Cl2NO3. The summed E-state index contributed by atoms with van der Waals surface area (Å²) >= 11 is 12.5. The first-order chi connectivity index (χ1) is 15.2. The number of rotatable bonds is 8. The van der Waals surface area contributed by atoms with E-state index in [0.717, 1.165) is 11.1 Å². The number of aliphatic hydroxyl groups is 2. The first-order valence-corrected chi connectivity index (χ1v) is 12.1. The molecule has 1 heterocycles. The number of carbonyl (C=O) groups excluding carboxylic acids is 1. The molecule has 0 radical (unpaired) electrons. The van der Waals surface area contributed by atoms with E-state index in [1.807, 2.05) is 61.2 Å². The van der Waals surface area contributed by atoms with Gasteiger partial charge in [-0.2, -0.15) is 0 Å². The van der Waals surface area contributed by atoms with Gasteiger partial charge >= 0.3 is 0 Å². The summed E-state index contributed by atoms with van der Waals surface area (Å²) in [6, 6.07) is 14.8. The molecule has 4 nitrogen and oxygen atoms in total. The summed E-state index contributed by atoms with van der Waals surface area (Å²) in [5.74, 6) is 0.000923. The molecule has 32 heavy (non-hydrogen) atoms. The summed E-state index contributed by atoms with van der Waals surface area (Å²) in [4.78, 5) is 15.9. The van der Waals surface area contributed by atoms with Crippen LogP contribution in [0.25, 0.3) is 0 Å². The van der Waals surface area contributed by atoms with Crippen LogP contribution in [0.5, 0.6) is 0 Å². The number of piperidine rings is 1. The molecule has 1 aliphatic heterocycles. The maximum atomic E-state index is 14.0. The average Bonchev–Trinajstić information content (AvgIpc) is 2.76. The maximum Gasteiger partial charge on any atom is 0.229 e. The quantitative estimate of drug-likeness (QED) is 0.490. The van der Waals surface area contributed by atoms with Crippen LogP contribution in [0.15, 0.2) is 48.5 Å². The van der Waals surface area contributed by atoms with Crippen molar-refractivity contribution in [3.63, 3.8) is 0 Å². The fourth-order valence-electron chi connectivity index (χ4n) is 5.21. The zero-order chi connectivity index (χ0) is 23.5. The van der Waals surface area contributed by atoms with Crippen molar-refractivity contribution in [3.8, 4) is 0 Å². The largest absolute Gasteiger partial charge is 0.396 e. The third-order valence-electron chi connectivity index (χ3n) is 6.81. The van der Waals surface area contributed by atoms with Crippen LogP contribution in [0.1, 0.15) is 69.5 Å². The summed E-state index contributed by atoms with van der Waals surface area (Å²) in [6.45, 7) is 5.77. The summed E-state index contributed by atoms with van der Waals surface area (Å²) in [6.07, 6.45) is 1.71. The van der Waals surface area contributed by atoms with Crippen molar-refractivity contribution < 1.29 is 15.0 Å². The van der Waals surface area contributed by atoms with Crippen molar-refractivity contribution in [2.75, 3.05) is 6.61 Å². The molecular weight excluding hydrogens is 445 g/mol. The third-order valence-corrected chi connectivity index (χ3v) is 7.30. The lowest BCUT2D eigenvalue weighted by Crippen LogP contribution is -2.58. The van der Waals surface area contributed by atoms with Crippen LogP contribution >= 0.6 is 23.2 Å². The molecule has 0 aliphatic carbocycles. The fourth-order valence-corrected chi connectivity index (χ4v) is 5.54. The molecule has 0 saturated carbocycles. The molecule has 1 aliphatic rings. The minimum absolute atomic E-state index is 0.0240. The second-order valence-corrected chi connectivity index (χ2v) is 10.1. The lowest BCUT2D eigenvalue weighted by Gasteiger charge is -2.52. The number of aliphatic hydroxyl groups excluding tert-OH is 2. The summed E-state index contributed by atoms with van der Waals surface area (Å²) < 4.78 is 0. The van der Waals surface area contributed by atoms with E-state index in [4.69, 9.17) is 23.2 Å². The van der Waals surface area contributed by atoms with Crippen molar-refractivity contribution in [1.82, 2.24) is 4.90 Å². The van der Waals surface area contributed by atoms with Gasteiger partial charge in [0.25, 0.3) is 0 Å². The minimum atomic E-state index is -0.682. The van der Waals surface area contributed by atoms with Crippen molar-refractivity contribution in [1.29, 1.82) is 0 Å². The van der Waals surface area contributed by atoms with Gasteiger partial charge in [0.05, 0.1) is 18.2 Å². The van der Waals surface area contributed by atoms with Crippen molar-refractivity contribution >= 4 is 29.1 Å². The van der Waals surface area contributed by atoms with Crippen LogP contribution in [0.4, 0.5) is 0 Å². The number of benzene rings is 2. The van der Waals surface area contributed by atoms with E-state index in [-0.39, 0.29) is 30.5 Å². The van der Waals surface area contributed by atoms with Crippen LogP contribution < -0.4 is 0 Å². The van der Waals surface area contributed by atoms with E-state index < -0.39 is 11.5 Å². The summed E-state index contributed by atoms with van der Waals surface area (Å²) in [5.41, 5.74) is 1.39. The standard InChI is InChI=1S/C26H33Cl2NO3/c1-4-23(17(2)31)29-24(18-9-11-20(27)12-10-18)22(19-7-5-8-21(28)15-19)16-26(3,25(29)32)13-6-14-30/h5,7-12,15,17,22-24,30-31H,4,6,13-14,16H2,1-3H3/t17-,22?,23?,24+,26-/m0/s1. The third kappa shape index (κ3) is 5.14. The molecule has 5 atom stereocenters. The molecule has 0 spiro atoms. The molecule has 1 saturated heterocycles. The van der Waals surface area contributed by atoms with Crippen molar-refractivity contribution in [2.45, 2.75) is 70.6 Å². The predicted octanol–water partition coefficient (Wildman–Crippen LogP) is 5.99. The molecule has 2 unspecified atom stereocenters. The van der Waals surface area contributed by atoms with Gasteiger partial charge in [-0.3, -0.25) is 4.79 Å². The molecule has 1 amide bonds. The normalized spacial score (nSPS) is 25.6. The second kappa shape index (κ2) is 10.6. The van der Waals surface area contributed by atoms with Gasteiger partial charge < -0.3 is 15.1 Å². The number of hydrogen-bond donors (Lipinski definition) is 2. The SMILES string of the molecule is CCC([C@H](C)O)N1C(=O)[C@@](C)(CCCO)CC(c2cccc(Cl)c2)[C@H]1c1ccc(Cl)cc1. The minimum Gasteiger partial charge on any atom is -0.396 e. The highest BCUT2D eigenvalue weighted by Crippen LogP contribution is 2.52. The van der Waals surface area contributed by atoms with Gasteiger partial charge in [0, 0.05) is 28.0 Å². The monoisotopic (exact) mass is 477 g/mol. The Hall–Kier alpha value is -1.59. The Bertz CT molecular complexity index is 918.